The van der Waals surface area contributed by atoms with E-state index in [1.54, 1.807) is 6.33 Å². The summed E-state index contributed by atoms with van der Waals surface area (Å²) in [5.74, 6) is 1.67. The van der Waals surface area contributed by atoms with Gasteiger partial charge in [0.1, 0.15) is 18.0 Å². The van der Waals surface area contributed by atoms with E-state index in [9.17, 15) is 5.11 Å². The number of aliphatic hydroxyl groups is 1. The van der Waals surface area contributed by atoms with E-state index >= 15 is 0 Å². The van der Waals surface area contributed by atoms with Crippen molar-refractivity contribution in [3.8, 4) is 0 Å². The third-order valence-electron chi connectivity index (χ3n) is 4.77. The zero-order valence-corrected chi connectivity index (χ0v) is 15.8. The molecule has 1 atom stereocenters. The van der Waals surface area contributed by atoms with Crippen LogP contribution in [0.15, 0.2) is 36.2 Å². The third-order valence-corrected chi connectivity index (χ3v) is 4.77. The van der Waals surface area contributed by atoms with Gasteiger partial charge in [0.15, 0.2) is 0 Å². The summed E-state index contributed by atoms with van der Waals surface area (Å²) in [5, 5.41) is 13.5. The molecule has 6 nitrogen and oxygen atoms in total. The van der Waals surface area contributed by atoms with Crippen LogP contribution >= 0.6 is 0 Å². The van der Waals surface area contributed by atoms with Gasteiger partial charge < -0.3 is 20.1 Å². The molecule has 26 heavy (non-hydrogen) atoms. The maximum absolute atomic E-state index is 10.3. The van der Waals surface area contributed by atoms with Crippen LogP contribution in [0.25, 0.3) is 0 Å². The first-order valence-electron chi connectivity index (χ1n) is 9.63. The maximum atomic E-state index is 10.3. The lowest BCUT2D eigenvalue weighted by atomic mass is 10.0. The molecular weight excluding hydrogens is 328 g/mol. The van der Waals surface area contributed by atoms with E-state index in [0.29, 0.717) is 12.6 Å². The molecule has 1 aromatic heterocycles. The van der Waals surface area contributed by atoms with Crippen LogP contribution in [0.5, 0.6) is 0 Å². The Bertz CT molecular complexity index is 636. The van der Waals surface area contributed by atoms with Crippen molar-refractivity contribution in [3.05, 3.63) is 36.2 Å². The fraction of sp³-hybridized carbons (Fsp3) is 0.600. The van der Waals surface area contributed by atoms with Crippen LogP contribution in [0.1, 0.15) is 39.5 Å². The Morgan fingerprint density at radius 1 is 1.27 bits per heavy atom. The van der Waals surface area contributed by atoms with E-state index in [-0.39, 0.29) is 6.10 Å². The number of allylic oxidation sites excluding steroid dienone is 2. The molecule has 1 aromatic rings. The van der Waals surface area contributed by atoms with Crippen LogP contribution in [0, 0.1) is 0 Å². The van der Waals surface area contributed by atoms with Gasteiger partial charge in [0.05, 0.1) is 18.3 Å². The molecule has 3 rings (SSSR count). The lowest BCUT2D eigenvalue weighted by Crippen LogP contribution is -2.38. The van der Waals surface area contributed by atoms with Crippen molar-refractivity contribution in [2.24, 2.45) is 0 Å². The fourth-order valence-corrected chi connectivity index (χ4v) is 3.42. The Morgan fingerprint density at radius 3 is 2.77 bits per heavy atom. The largest absolute Gasteiger partial charge is 0.387 e. The van der Waals surface area contributed by atoms with E-state index in [0.717, 1.165) is 56.0 Å². The van der Waals surface area contributed by atoms with Crippen molar-refractivity contribution in [1.82, 2.24) is 9.97 Å². The van der Waals surface area contributed by atoms with E-state index < -0.39 is 6.10 Å². The molecule has 1 saturated heterocycles. The molecule has 142 valence electrons. The number of aliphatic hydroxyl groups excluding tert-OH is 1. The lowest BCUT2D eigenvalue weighted by molar-refractivity contribution is -0.00484. The number of nitrogens with one attached hydrogen (secondary N) is 1. The topological polar surface area (TPSA) is 70.5 Å². The van der Waals surface area contributed by atoms with E-state index in [1.807, 2.05) is 12.1 Å². The van der Waals surface area contributed by atoms with Gasteiger partial charge in [-0.25, -0.2) is 9.97 Å². The van der Waals surface area contributed by atoms with E-state index in [4.69, 9.17) is 4.74 Å². The summed E-state index contributed by atoms with van der Waals surface area (Å²) in [6.07, 6.45) is 12.0. The summed E-state index contributed by atoms with van der Waals surface area (Å²) in [5.41, 5.74) is 0.977. The minimum atomic E-state index is -0.520. The molecule has 0 spiro atoms. The van der Waals surface area contributed by atoms with Crippen LogP contribution in [0.4, 0.5) is 11.6 Å². The Labute approximate surface area is 156 Å². The molecule has 2 heterocycles. The normalized spacial score (nSPS) is 19.5. The van der Waals surface area contributed by atoms with Gasteiger partial charge >= 0.3 is 0 Å². The summed E-state index contributed by atoms with van der Waals surface area (Å²) >= 11 is 0. The molecule has 0 unspecified atom stereocenters. The molecule has 2 N–H and O–H groups in total. The van der Waals surface area contributed by atoms with Gasteiger partial charge in [0.2, 0.25) is 0 Å². The van der Waals surface area contributed by atoms with Crippen molar-refractivity contribution in [3.63, 3.8) is 0 Å². The molecule has 1 aliphatic carbocycles. The summed E-state index contributed by atoms with van der Waals surface area (Å²) in [6.45, 7) is 6.49. The monoisotopic (exact) mass is 358 g/mol. The standard InChI is InChI=1S/C20H30N4O2/c1-15(2)26-17-8-10-24(11-9-17)20-12-19(22-14-23-20)21-13-18(25)16-6-4-3-5-7-16/h4,6-7,12,14-15,17-18,25H,3,5,8-11,13H2,1-2H3,(H,21,22,23)/t18-/m0/s1. The van der Waals surface area contributed by atoms with Gasteiger partial charge in [-0.3, -0.25) is 0 Å². The number of anilines is 2. The zero-order valence-electron chi connectivity index (χ0n) is 15.8. The summed E-state index contributed by atoms with van der Waals surface area (Å²) in [7, 11) is 0. The third kappa shape index (κ3) is 5.29. The van der Waals surface area contributed by atoms with Gasteiger partial charge in [-0.2, -0.15) is 0 Å². The highest BCUT2D eigenvalue weighted by Gasteiger charge is 2.21. The Balaban J connectivity index is 1.52. The Kier molecular flexibility index (Phi) is 6.63. The first-order chi connectivity index (χ1) is 12.6. The van der Waals surface area contributed by atoms with Crippen molar-refractivity contribution in [2.45, 2.75) is 57.8 Å². The molecular formula is C20H30N4O2. The van der Waals surface area contributed by atoms with Crippen molar-refractivity contribution < 1.29 is 9.84 Å². The number of nitrogens with zero attached hydrogens (tertiary/aromatic N) is 3. The molecule has 0 aromatic carbocycles. The predicted octanol–water partition coefficient (Wildman–Crippen LogP) is 2.92. The van der Waals surface area contributed by atoms with Crippen LogP contribution in [-0.4, -0.2) is 53.0 Å². The predicted molar refractivity (Wildman–Crippen MR) is 104 cm³/mol. The minimum absolute atomic E-state index is 0.280. The first kappa shape index (κ1) is 18.9. The maximum Gasteiger partial charge on any atom is 0.134 e. The highest BCUT2D eigenvalue weighted by Crippen LogP contribution is 2.22. The number of hydrogen-bond acceptors (Lipinski definition) is 6. The SMILES string of the molecule is CC(C)OC1CCN(c2cc(NC[C@H](O)C3=CCCC=C3)ncn2)CC1. The smallest absolute Gasteiger partial charge is 0.134 e. The highest BCUT2D eigenvalue weighted by molar-refractivity contribution is 5.49. The van der Waals surface area contributed by atoms with Crippen molar-refractivity contribution >= 4 is 11.6 Å². The van der Waals surface area contributed by atoms with Crippen molar-refractivity contribution in [1.29, 1.82) is 0 Å². The van der Waals surface area contributed by atoms with Gasteiger partial charge in [0.25, 0.3) is 0 Å². The number of aromatic nitrogens is 2. The summed E-state index contributed by atoms with van der Waals surface area (Å²) in [6, 6.07) is 1.96. The average Bonchev–Trinajstić information content (AvgIpc) is 2.67. The molecule has 0 amide bonds. The molecule has 6 heteroatoms. The fourth-order valence-electron chi connectivity index (χ4n) is 3.42. The minimum Gasteiger partial charge on any atom is -0.387 e. The molecule has 0 radical (unpaired) electrons. The Morgan fingerprint density at radius 2 is 2.08 bits per heavy atom. The van der Waals surface area contributed by atoms with Gasteiger partial charge in [-0.1, -0.05) is 18.2 Å². The molecule has 0 saturated carbocycles. The van der Waals surface area contributed by atoms with Crippen LogP contribution in [0.2, 0.25) is 0 Å². The lowest BCUT2D eigenvalue weighted by Gasteiger charge is -2.33. The first-order valence-corrected chi connectivity index (χ1v) is 9.63. The number of piperidine rings is 1. The Hall–Kier alpha value is -1.92. The summed E-state index contributed by atoms with van der Waals surface area (Å²) < 4.78 is 5.91. The van der Waals surface area contributed by atoms with Gasteiger partial charge in [-0.05, 0) is 45.1 Å². The second-order valence-electron chi connectivity index (χ2n) is 7.21. The molecule has 1 fully saturated rings. The van der Waals surface area contributed by atoms with E-state index in [1.165, 1.54) is 0 Å². The summed E-state index contributed by atoms with van der Waals surface area (Å²) in [4.78, 5) is 11.0. The van der Waals surface area contributed by atoms with Crippen LogP contribution < -0.4 is 10.2 Å². The molecule has 2 aliphatic rings. The highest BCUT2D eigenvalue weighted by atomic mass is 16.5. The molecule has 0 bridgehead atoms. The number of rotatable bonds is 7. The van der Waals surface area contributed by atoms with Crippen LogP contribution in [-0.2, 0) is 4.74 Å². The number of ether oxygens (including phenoxy) is 1. The zero-order chi connectivity index (χ0) is 18.4. The number of hydrogen-bond donors (Lipinski definition) is 2. The van der Waals surface area contributed by atoms with Gasteiger partial charge in [-0.15, -0.1) is 0 Å². The molecule has 1 aliphatic heterocycles. The second kappa shape index (κ2) is 9.14. The average molecular weight is 358 g/mol. The van der Waals surface area contributed by atoms with Crippen LogP contribution in [0.3, 0.4) is 0 Å². The van der Waals surface area contributed by atoms with Crippen molar-refractivity contribution in [2.75, 3.05) is 29.9 Å². The van der Waals surface area contributed by atoms with E-state index in [2.05, 4.69) is 46.2 Å². The second-order valence-corrected chi connectivity index (χ2v) is 7.21. The van der Waals surface area contributed by atoms with Gasteiger partial charge in [0, 0.05) is 25.7 Å². The quantitative estimate of drug-likeness (QED) is 0.781.